The van der Waals surface area contributed by atoms with Crippen LogP contribution >= 0.6 is 0 Å². The average Bonchev–Trinajstić information content (AvgIpc) is 3.77. The summed E-state index contributed by atoms with van der Waals surface area (Å²) in [5, 5.41) is 5.90. The van der Waals surface area contributed by atoms with Crippen LogP contribution in [0.25, 0.3) is 122 Å². The van der Waals surface area contributed by atoms with Gasteiger partial charge < -0.3 is 0 Å². The summed E-state index contributed by atoms with van der Waals surface area (Å²) in [4.78, 5) is 5.35. The lowest BCUT2D eigenvalue weighted by Crippen LogP contribution is -2.03. The minimum atomic E-state index is -4.38. The molecule has 0 atom stereocenters. The van der Waals surface area contributed by atoms with Crippen LogP contribution in [0, 0.1) is 0 Å². The van der Waals surface area contributed by atoms with Crippen molar-refractivity contribution >= 4 is 32.4 Å². The first-order valence-electron chi connectivity index (χ1n) is 19.4. The Morgan fingerprint density at radius 3 is 1.55 bits per heavy atom. The van der Waals surface area contributed by atoms with Gasteiger partial charge in [-0.3, -0.25) is 0 Å². The van der Waals surface area contributed by atoms with Crippen molar-refractivity contribution < 1.29 is 13.2 Å². The molecule has 4 heteroatoms. The molecule has 0 amide bonds. The van der Waals surface area contributed by atoms with Crippen LogP contribution in [-0.4, -0.2) is 4.98 Å². The van der Waals surface area contributed by atoms with Crippen LogP contribution in [0.1, 0.15) is 5.56 Å². The molecule has 0 spiro atoms. The first-order chi connectivity index (χ1) is 28.4. The van der Waals surface area contributed by atoms with E-state index in [2.05, 4.69) is 152 Å². The van der Waals surface area contributed by atoms with Crippen LogP contribution in [0.3, 0.4) is 0 Å². The van der Waals surface area contributed by atoms with Gasteiger partial charge in [0, 0.05) is 10.9 Å². The van der Waals surface area contributed by atoms with Gasteiger partial charge >= 0.3 is 6.18 Å². The number of benzene rings is 9. The molecule has 0 radical (unpaired) electrons. The molecule has 0 aliphatic heterocycles. The van der Waals surface area contributed by atoms with Crippen LogP contribution in [0.15, 0.2) is 182 Å². The maximum Gasteiger partial charge on any atom is 0.416 e. The highest BCUT2D eigenvalue weighted by atomic mass is 19.4. The molecule has 9 aromatic carbocycles. The van der Waals surface area contributed by atoms with Crippen LogP contribution in [0.2, 0.25) is 0 Å². The molecular weight excluding hydrogens is 720 g/mol. The van der Waals surface area contributed by atoms with Crippen molar-refractivity contribution in [2.45, 2.75) is 6.18 Å². The highest BCUT2D eigenvalue weighted by molar-refractivity contribution is 6.29. The van der Waals surface area contributed by atoms with E-state index >= 15 is 0 Å². The summed E-state index contributed by atoms with van der Waals surface area (Å²) in [6.45, 7) is 0. The van der Waals surface area contributed by atoms with E-state index in [4.69, 9.17) is 4.98 Å². The Labute approximate surface area is 332 Å². The molecule has 1 nitrogen and oxygen atoms in total. The predicted octanol–water partition coefficient (Wildman–Crippen LogP) is 15.5. The Morgan fingerprint density at radius 2 is 0.879 bits per heavy atom. The van der Waals surface area contributed by atoms with Crippen molar-refractivity contribution in [3.05, 3.63) is 188 Å². The zero-order chi connectivity index (χ0) is 38.7. The fraction of sp³-hybridized carbons (Fsp3) is 0.0185. The predicted molar refractivity (Wildman–Crippen MR) is 232 cm³/mol. The fourth-order valence-electron chi connectivity index (χ4n) is 9.73. The summed E-state index contributed by atoms with van der Waals surface area (Å²) in [7, 11) is 0. The lowest BCUT2D eigenvalue weighted by Gasteiger charge is -2.20. The molecule has 1 heterocycles. The molecule has 2 aliphatic carbocycles. The van der Waals surface area contributed by atoms with Gasteiger partial charge in [-0.1, -0.05) is 152 Å². The van der Waals surface area contributed by atoms with Gasteiger partial charge in [0.05, 0.1) is 16.8 Å². The smallest absolute Gasteiger partial charge is 0.248 e. The minimum Gasteiger partial charge on any atom is -0.248 e. The number of hydrogen-bond donors (Lipinski definition) is 0. The summed E-state index contributed by atoms with van der Waals surface area (Å²) in [6, 6.07) is 61.6. The molecule has 10 aromatic rings. The monoisotopic (exact) mass is 749 g/mol. The van der Waals surface area contributed by atoms with E-state index in [-0.39, 0.29) is 0 Å². The topological polar surface area (TPSA) is 12.9 Å². The third kappa shape index (κ3) is 4.69. The summed E-state index contributed by atoms with van der Waals surface area (Å²) in [5.74, 6) is 0. The van der Waals surface area contributed by atoms with Gasteiger partial charge in [0.1, 0.15) is 0 Å². The fourth-order valence-corrected chi connectivity index (χ4v) is 9.73. The molecular formula is C54H30F3N. The van der Waals surface area contributed by atoms with Crippen molar-refractivity contribution in [2.75, 3.05) is 0 Å². The summed E-state index contributed by atoms with van der Waals surface area (Å²) >= 11 is 0. The maximum absolute atomic E-state index is 13.4. The van der Waals surface area contributed by atoms with E-state index in [0.29, 0.717) is 0 Å². The van der Waals surface area contributed by atoms with E-state index in [9.17, 15) is 13.2 Å². The van der Waals surface area contributed by atoms with Gasteiger partial charge in [0.2, 0.25) is 0 Å². The Kier molecular flexibility index (Phi) is 6.86. The summed E-state index contributed by atoms with van der Waals surface area (Å²) in [6.07, 6.45) is -4.38. The molecule has 0 bridgehead atoms. The van der Waals surface area contributed by atoms with Gasteiger partial charge in [-0.25, -0.2) is 4.98 Å². The van der Waals surface area contributed by atoms with Crippen molar-refractivity contribution in [2.24, 2.45) is 0 Å². The zero-order valence-electron chi connectivity index (χ0n) is 30.9. The minimum absolute atomic E-state index is 0.653. The Morgan fingerprint density at radius 1 is 0.328 bits per heavy atom. The molecule has 0 fully saturated rings. The Hall–Kier alpha value is -7.30. The largest absolute Gasteiger partial charge is 0.416 e. The second kappa shape index (κ2) is 12.1. The molecule has 2 aliphatic rings. The maximum atomic E-state index is 13.4. The van der Waals surface area contributed by atoms with Gasteiger partial charge in [0.15, 0.2) is 0 Å². The van der Waals surface area contributed by atoms with Crippen molar-refractivity contribution in [1.82, 2.24) is 4.98 Å². The van der Waals surface area contributed by atoms with Crippen molar-refractivity contribution in [3.63, 3.8) is 0 Å². The van der Waals surface area contributed by atoms with Crippen molar-refractivity contribution in [1.29, 1.82) is 0 Å². The van der Waals surface area contributed by atoms with Crippen molar-refractivity contribution in [3.8, 4) is 89.1 Å². The average molecular weight is 750 g/mol. The number of halogens is 3. The quantitative estimate of drug-likeness (QED) is 0.175. The first kappa shape index (κ1) is 32.9. The SMILES string of the molecule is FC(F)(F)c1ccc(-c2ccc3c(c2)-c2cc(-c4ccc5c6c(cccc46)-c4c-5c(-c5ccccc5)c5ccccc5c4-c4ccccc4)nc4cccc-3c24)cc1. The van der Waals surface area contributed by atoms with Gasteiger partial charge in [-0.2, -0.15) is 13.2 Å². The lowest BCUT2D eigenvalue weighted by molar-refractivity contribution is -0.137. The Balaban J connectivity index is 1.09. The van der Waals surface area contributed by atoms with Crippen LogP contribution in [-0.2, 0) is 6.18 Å². The molecule has 272 valence electrons. The number of aromatic nitrogens is 1. The number of rotatable bonds is 4. The highest BCUT2D eigenvalue weighted by Gasteiger charge is 2.33. The third-order valence-corrected chi connectivity index (χ3v) is 12.2. The third-order valence-electron chi connectivity index (χ3n) is 12.2. The van der Waals surface area contributed by atoms with Crippen LogP contribution < -0.4 is 0 Å². The van der Waals surface area contributed by atoms with E-state index in [1.54, 1.807) is 12.1 Å². The van der Waals surface area contributed by atoms with Crippen LogP contribution in [0.4, 0.5) is 13.2 Å². The number of nitrogens with zero attached hydrogens (tertiary/aromatic N) is 1. The van der Waals surface area contributed by atoms with Gasteiger partial charge in [-0.05, 0) is 130 Å². The summed E-state index contributed by atoms with van der Waals surface area (Å²) < 4.78 is 40.2. The summed E-state index contributed by atoms with van der Waals surface area (Å²) in [5.41, 5.74) is 17.9. The number of alkyl halides is 3. The second-order valence-corrected chi connectivity index (χ2v) is 15.3. The second-order valence-electron chi connectivity index (χ2n) is 15.3. The molecule has 0 saturated heterocycles. The number of fused-ring (bicyclic) bond motifs is 7. The van der Waals surface area contributed by atoms with E-state index in [0.717, 1.165) is 73.1 Å². The molecule has 0 unspecified atom stereocenters. The molecule has 58 heavy (non-hydrogen) atoms. The molecule has 0 saturated carbocycles. The van der Waals surface area contributed by atoms with Crippen LogP contribution in [0.5, 0.6) is 0 Å². The zero-order valence-corrected chi connectivity index (χ0v) is 30.9. The Bertz CT molecular complexity index is 3250. The standard InChI is InChI=1S/C54H30F3N/c55-54(56,57)35-24-21-31(22-25-35)34-23-26-36-38-18-10-20-46-51(38)45(44(36)29-34)30-47(58-46)37-27-28-43-50-39(37)17-9-19-42(50)52-48(32-11-3-1-4-12-32)40-15-7-8-16-41(40)49(53(43)52)33-13-5-2-6-14-33/h1-30H. The van der Waals surface area contributed by atoms with Gasteiger partial charge in [0.25, 0.3) is 0 Å². The van der Waals surface area contributed by atoms with E-state index < -0.39 is 11.7 Å². The number of hydrogen-bond acceptors (Lipinski definition) is 1. The van der Waals surface area contributed by atoms with E-state index in [1.165, 1.54) is 60.7 Å². The van der Waals surface area contributed by atoms with E-state index in [1.807, 2.05) is 6.07 Å². The number of pyridine rings is 1. The molecule has 1 aromatic heterocycles. The molecule has 0 N–H and O–H groups in total. The van der Waals surface area contributed by atoms with Gasteiger partial charge in [-0.15, -0.1) is 0 Å². The first-order valence-corrected chi connectivity index (χ1v) is 19.4. The highest BCUT2D eigenvalue weighted by Crippen LogP contribution is 2.59. The lowest BCUT2D eigenvalue weighted by atomic mass is 9.82. The normalized spacial score (nSPS) is 12.4. The molecule has 12 rings (SSSR count).